The molecule has 0 aliphatic heterocycles. The summed E-state index contributed by atoms with van der Waals surface area (Å²) in [4.78, 5) is 48.1. The van der Waals surface area contributed by atoms with E-state index in [4.69, 9.17) is 4.74 Å². The molecular formula is C21H22N2O5S. The summed E-state index contributed by atoms with van der Waals surface area (Å²) in [5.41, 5.74) is 1.13. The van der Waals surface area contributed by atoms with Gasteiger partial charge in [-0.05, 0) is 44.2 Å². The average Bonchev–Trinajstić information content (AvgIpc) is 2.71. The predicted octanol–water partition coefficient (Wildman–Crippen LogP) is 2.91. The lowest BCUT2D eigenvalue weighted by molar-refractivity contribution is -0.119. The van der Waals surface area contributed by atoms with E-state index in [9.17, 15) is 19.2 Å². The van der Waals surface area contributed by atoms with Gasteiger partial charge in [0.2, 0.25) is 0 Å². The molecule has 0 unspecified atom stereocenters. The molecule has 2 N–H and O–H groups in total. The van der Waals surface area contributed by atoms with Crippen molar-refractivity contribution in [2.75, 3.05) is 24.2 Å². The molecule has 0 aliphatic rings. The Hall–Kier alpha value is -3.13. The maximum Gasteiger partial charge on any atom is 0.339 e. The molecule has 2 aromatic rings. The Morgan fingerprint density at radius 3 is 2.52 bits per heavy atom. The minimum Gasteiger partial charge on any atom is -0.452 e. The number of rotatable bonds is 9. The number of esters is 1. The van der Waals surface area contributed by atoms with Gasteiger partial charge >= 0.3 is 5.97 Å². The molecule has 0 saturated heterocycles. The smallest absolute Gasteiger partial charge is 0.339 e. The van der Waals surface area contributed by atoms with Crippen LogP contribution in [0.25, 0.3) is 0 Å². The Kier molecular flexibility index (Phi) is 8.42. The molecule has 0 aliphatic carbocycles. The van der Waals surface area contributed by atoms with Gasteiger partial charge in [-0.2, -0.15) is 0 Å². The van der Waals surface area contributed by atoms with Crippen LogP contribution in [0.5, 0.6) is 0 Å². The summed E-state index contributed by atoms with van der Waals surface area (Å²) >= 11 is 1.24. The number of anilines is 1. The highest BCUT2D eigenvalue weighted by molar-refractivity contribution is 8.00. The van der Waals surface area contributed by atoms with E-state index < -0.39 is 18.5 Å². The Balaban J connectivity index is 1.94. The fourth-order valence-corrected chi connectivity index (χ4v) is 3.19. The Labute approximate surface area is 173 Å². The highest BCUT2D eigenvalue weighted by atomic mass is 32.2. The van der Waals surface area contributed by atoms with Crippen molar-refractivity contribution in [3.8, 4) is 0 Å². The van der Waals surface area contributed by atoms with Gasteiger partial charge in [0.05, 0.1) is 11.3 Å². The second kappa shape index (κ2) is 11.0. The minimum absolute atomic E-state index is 0.00704. The van der Waals surface area contributed by atoms with E-state index >= 15 is 0 Å². The number of Topliss-reactive ketones (excluding diaryl/α,β-unsaturated/α-hetero) is 1. The predicted molar refractivity (Wildman–Crippen MR) is 111 cm³/mol. The number of amides is 2. The minimum atomic E-state index is -0.650. The summed E-state index contributed by atoms with van der Waals surface area (Å²) in [6.07, 6.45) is 0. The van der Waals surface area contributed by atoms with E-state index in [-0.39, 0.29) is 17.4 Å². The van der Waals surface area contributed by atoms with Crippen LogP contribution in [0.4, 0.5) is 5.69 Å². The molecule has 0 atom stereocenters. The normalized spacial score (nSPS) is 10.1. The van der Waals surface area contributed by atoms with Gasteiger partial charge in [-0.25, -0.2) is 4.79 Å². The van der Waals surface area contributed by atoms with Gasteiger partial charge in [0, 0.05) is 22.7 Å². The van der Waals surface area contributed by atoms with E-state index in [1.54, 1.807) is 48.5 Å². The largest absolute Gasteiger partial charge is 0.452 e. The number of benzene rings is 2. The molecule has 0 saturated carbocycles. The molecule has 29 heavy (non-hydrogen) atoms. The number of nitrogens with one attached hydrogen (secondary N) is 2. The number of hydrogen-bond acceptors (Lipinski definition) is 6. The molecule has 0 radical (unpaired) electrons. The molecule has 7 nitrogen and oxygen atoms in total. The molecule has 8 heteroatoms. The molecular weight excluding hydrogens is 392 g/mol. The van der Waals surface area contributed by atoms with Crippen LogP contribution in [0.2, 0.25) is 0 Å². The Morgan fingerprint density at radius 1 is 1.03 bits per heavy atom. The molecule has 0 aromatic heterocycles. The van der Waals surface area contributed by atoms with Crippen LogP contribution in [0.15, 0.2) is 53.4 Å². The quantitative estimate of drug-likeness (QED) is 0.483. The first-order chi connectivity index (χ1) is 13.9. The van der Waals surface area contributed by atoms with Crippen molar-refractivity contribution in [3.63, 3.8) is 0 Å². The van der Waals surface area contributed by atoms with Crippen LogP contribution in [-0.4, -0.2) is 42.5 Å². The molecule has 2 aromatic carbocycles. The monoisotopic (exact) mass is 414 g/mol. The SMILES string of the molecule is CCNC(=O)c1cccc(NC(=O)COC(=O)c2ccccc2SCC(C)=O)c1. The van der Waals surface area contributed by atoms with Crippen molar-refractivity contribution in [2.24, 2.45) is 0 Å². The number of carbonyl (C=O) groups excluding carboxylic acids is 4. The zero-order valence-corrected chi connectivity index (χ0v) is 17.0. The van der Waals surface area contributed by atoms with Gasteiger partial charge in [0.1, 0.15) is 5.78 Å². The number of ether oxygens (including phenoxy) is 1. The highest BCUT2D eigenvalue weighted by Gasteiger charge is 2.15. The average molecular weight is 414 g/mol. The summed E-state index contributed by atoms with van der Waals surface area (Å²) in [5, 5.41) is 5.27. The van der Waals surface area contributed by atoms with E-state index in [1.807, 2.05) is 6.92 Å². The van der Waals surface area contributed by atoms with Crippen molar-refractivity contribution >= 4 is 41.0 Å². The molecule has 0 bridgehead atoms. The van der Waals surface area contributed by atoms with Gasteiger partial charge < -0.3 is 15.4 Å². The van der Waals surface area contributed by atoms with E-state index in [0.29, 0.717) is 28.3 Å². The van der Waals surface area contributed by atoms with Crippen LogP contribution in [0.1, 0.15) is 34.6 Å². The number of ketones is 1. The van der Waals surface area contributed by atoms with Crippen molar-refractivity contribution in [1.82, 2.24) is 5.32 Å². The van der Waals surface area contributed by atoms with Gasteiger partial charge in [0.15, 0.2) is 6.61 Å². The standard InChI is InChI=1S/C21H22N2O5S/c1-3-22-20(26)15-7-6-8-16(11-15)23-19(25)12-28-21(27)17-9-4-5-10-18(17)29-13-14(2)24/h4-11H,3,12-13H2,1-2H3,(H,22,26)(H,23,25). The maximum absolute atomic E-state index is 12.3. The summed E-state index contributed by atoms with van der Waals surface area (Å²) in [5.74, 6) is -1.18. The first-order valence-electron chi connectivity index (χ1n) is 8.97. The zero-order valence-electron chi connectivity index (χ0n) is 16.2. The summed E-state index contributed by atoms with van der Waals surface area (Å²) < 4.78 is 5.10. The maximum atomic E-state index is 12.3. The van der Waals surface area contributed by atoms with E-state index in [1.165, 1.54) is 18.7 Å². The van der Waals surface area contributed by atoms with Crippen LogP contribution >= 0.6 is 11.8 Å². The van der Waals surface area contributed by atoms with Crippen LogP contribution in [0.3, 0.4) is 0 Å². The first kappa shape index (κ1) is 22.2. The number of hydrogen-bond donors (Lipinski definition) is 2. The van der Waals surface area contributed by atoms with Gasteiger partial charge in [-0.15, -0.1) is 11.8 Å². The third kappa shape index (κ3) is 7.08. The van der Waals surface area contributed by atoms with E-state index in [0.717, 1.165) is 0 Å². The molecule has 0 spiro atoms. The fraction of sp³-hybridized carbons (Fsp3) is 0.238. The summed E-state index contributed by atoms with van der Waals surface area (Å²) in [7, 11) is 0. The number of thioether (sulfide) groups is 1. The molecule has 2 rings (SSSR count). The third-order valence-electron chi connectivity index (χ3n) is 3.62. The second-order valence-corrected chi connectivity index (χ2v) is 7.07. The van der Waals surface area contributed by atoms with Crippen molar-refractivity contribution in [3.05, 3.63) is 59.7 Å². The zero-order chi connectivity index (χ0) is 21.2. The molecule has 2 amide bonds. The topological polar surface area (TPSA) is 102 Å². The van der Waals surface area contributed by atoms with Gasteiger partial charge in [0.25, 0.3) is 11.8 Å². The third-order valence-corrected chi connectivity index (χ3v) is 4.84. The first-order valence-corrected chi connectivity index (χ1v) is 9.95. The fourth-order valence-electron chi connectivity index (χ4n) is 2.35. The van der Waals surface area contributed by atoms with E-state index in [2.05, 4.69) is 10.6 Å². The van der Waals surface area contributed by atoms with Crippen LogP contribution in [-0.2, 0) is 14.3 Å². The Morgan fingerprint density at radius 2 is 1.79 bits per heavy atom. The second-order valence-electron chi connectivity index (χ2n) is 6.05. The van der Waals surface area contributed by atoms with Crippen molar-refractivity contribution < 1.29 is 23.9 Å². The lowest BCUT2D eigenvalue weighted by Crippen LogP contribution is -2.23. The van der Waals surface area contributed by atoms with Gasteiger partial charge in [-0.1, -0.05) is 18.2 Å². The molecule has 0 heterocycles. The van der Waals surface area contributed by atoms with Crippen molar-refractivity contribution in [1.29, 1.82) is 0 Å². The summed E-state index contributed by atoms with van der Waals surface area (Å²) in [6, 6.07) is 13.2. The van der Waals surface area contributed by atoms with Crippen molar-refractivity contribution in [2.45, 2.75) is 18.7 Å². The van der Waals surface area contributed by atoms with Crippen LogP contribution < -0.4 is 10.6 Å². The van der Waals surface area contributed by atoms with Gasteiger partial charge in [-0.3, -0.25) is 14.4 Å². The summed E-state index contributed by atoms with van der Waals surface area (Å²) in [6.45, 7) is 3.31. The number of carbonyl (C=O) groups is 4. The molecule has 0 fully saturated rings. The molecule has 152 valence electrons. The highest BCUT2D eigenvalue weighted by Crippen LogP contribution is 2.23. The van der Waals surface area contributed by atoms with Crippen LogP contribution in [0, 0.1) is 0 Å². The lowest BCUT2D eigenvalue weighted by Gasteiger charge is -2.10. The lowest BCUT2D eigenvalue weighted by atomic mass is 10.2. The Bertz CT molecular complexity index is 913.